The number of nitrogens with zero attached hydrogens (tertiary/aromatic N) is 1. The van der Waals surface area contributed by atoms with Crippen LogP contribution in [0.5, 0.6) is 11.5 Å². The molecule has 4 rings (SSSR count). The van der Waals surface area contributed by atoms with Crippen LogP contribution < -0.4 is 14.8 Å². The van der Waals surface area contributed by atoms with Crippen LogP contribution in [0.2, 0.25) is 0 Å². The molecule has 0 atom stereocenters. The maximum Gasteiger partial charge on any atom is 0.249 e. The Labute approximate surface area is 199 Å². The molecular formula is C28H28N2O4. The fourth-order valence-electron chi connectivity index (χ4n) is 3.80. The van der Waals surface area contributed by atoms with Crippen molar-refractivity contribution >= 4 is 28.3 Å². The lowest BCUT2D eigenvalue weighted by Gasteiger charge is -2.12. The number of rotatable bonds is 8. The molecule has 6 nitrogen and oxygen atoms in total. The highest BCUT2D eigenvalue weighted by atomic mass is 16.5. The first kappa shape index (κ1) is 23.1. The molecule has 34 heavy (non-hydrogen) atoms. The van der Waals surface area contributed by atoms with Gasteiger partial charge in [0.05, 0.1) is 19.5 Å². The molecule has 0 bridgehead atoms. The van der Waals surface area contributed by atoms with Gasteiger partial charge in [-0.25, -0.2) is 4.98 Å². The van der Waals surface area contributed by atoms with Crippen LogP contribution in [0.15, 0.2) is 71.5 Å². The van der Waals surface area contributed by atoms with Crippen molar-refractivity contribution in [2.24, 2.45) is 0 Å². The predicted octanol–water partition coefficient (Wildman–Crippen LogP) is 6.64. The summed E-state index contributed by atoms with van der Waals surface area (Å²) in [5, 5.41) is 3.79. The van der Waals surface area contributed by atoms with Crippen LogP contribution >= 0.6 is 0 Å². The van der Waals surface area contributed by atoms with Gasteiger partial charge in [0.15, 0.2) is 0 Å². The van der Waals surface area contributed by atoms with Gasteiger partial charge in [0.1, 0.15) is 22.9 Å². The lowest BCUT2D eigenvalue weighted by atomic mass is 9.99. The van der Waals surface area contributed by atoms with E-state index in [1.165, 1.54) is 0 Å². The van der Waals surface area contributed by atoms with E-state index >= 15 is 0 Å². The molecule has 2 aromatic carbocycles. The first-order valence-electron chi connectivity index (χ1n) is 11.3. The molecule has 0 aliphatic heterocycles. The summed E-state index contributed by atoms with van der Waals surface area (Å²) >= 11 is 0. The fourth-order valence-corrected chi connectivity index (χ4v) is 3.80. The van der Waals surface area contributed by atoms with Gasteiger partial charge in [-0.2, -0.15) is 0 Å². The average Bonchev–Trinajstić information content (AvgIpc) is 3.24. The molecule has 6 heteroatoms. The summed E-state index contributed by atoms with van der Waals surface area (Å²) < 4.78 is 17.3. The number of carbonyl (C=O) groups excluding carboxylic acids is 1. The molecule has 0 radical (unpaired) electrons. The van der Waals surface area contributed by atoms with Gasteiger partial charge in [-0.05, 0) is 68.7 Å². The van der Waals surface area contributed by atoms with Crippen molar-refractivity contribution in [1.82, 2.24) is 4.98 Å². The number of fused-ring (bicyclic) bond motifs is 1. The van der Waals surface area contributed by atoms with Gasteiger partial charge in [-0.15, -0.1) is 0 Å². The predicted molar refractivity (Wildman–Crippen MR) is 135 cm³/mol. The zero-order valence-electron chi connectivity index (χ0n) is 19.8. The summed E-state index contributed by atoms with van der Waals surface area (Å²) in [6, 6.07) is 15.5. The summed E-state index contributed by atoms with van der Waals surface area (Å²) in [7, 11) is 0. The quantitative estimate of drug-likeness (QED) is 0.301. The number of ether oxygens (including phenoxy) is 2. The van der Waals surface area contributed by atoms with E-state index in [0.717, 1.165) is 44.5 Å². The number of allylic oxidation sites excluding steroid dienone is 1. The Hall–Kier alpha value is -4.06. The summed E-state index contributed by atoms with van der Waals surface area (Å²) in [6.45, 7) is 8.81. The van der Waals surface area contributed by atoms with Crippen molar-refractivity contribution in [3.63, 3.8) is 0 Å². The third kappa shape index (κ3) is 4.96. The smallest absolute Gasteiger partial charge is 0.249 e. The van der Waals surface area contributed by atoms with Crippen LogP contribution in [0.25, 0.3) is 27.7 Å². The van der Waals surface area contributed by atoms with E-state index in [-0.39, 0.29) is 5.91 Å². The molecule has 174 valence electrons. The Kier molecular flexibility index (Phi) is 6.97. The number of aromatic nitrogens is 1. The van der Waals surface area contributed by atoms with Crippen molar-refractivity contribution in [1.29, 1.82) is 0 Å². The Morgan fingerprint density at radius 1 is 1.09 bits per heavy atom. The monoisotopic (exact) mass is 456 g/mol. The van der Waals surface area contributed by atoms with Crippen molar-refractivity contribution < 1.29 is 18.7 Å². The second kappa shape index (κ2) is 10.3. The Balaban J connectivity index is 1.71. The lowest BCUT2D eigenvalue weighted by Crippen LogP contribution is -2.11. The van der Waals surface area contributed by atoms with E-state index < -0.39 is 0 Å². The number of carbonyl (C=O) groups is 1. The lowest BCUT2D eigenvalue weighted by molar-refractivity contribution is -0.111. The zero-order chi connectivity index (χ0) is 24.1. The van der Waals surface area contributed by atoms with Gasteiger partial charge >= 0.3 is 0 Å². The first-order valence-corrected chi connectivity index (χ1v) is 11.3. The molecule has 1 amide bonds. The van der Waals surface area contributed by atoms with E-state index in [1.54, 1.807) is 18.5 Å². The van der Waals surface area contributed by atoms with Crippen LogP contribution in [0.4, 0.5) is 5.82 Å². The van der Waals surface area contributed by atoms with Gasteiger partial charge in [0.2, 0.25) is 5.91 Å². The van der Waals surface area contributed by atoms with Gasteiger partial charge in [0.25, 0.3) is 0 Å². The number of hydrogen-bond donors (Lipinski definition) is 1. The number of benzene rings is 2. The molecule has 0 aliphatic carbocycles. The largest absolute Gasteiger partial charge is 0.494 e. The van der Waals surface area contributed by atoms with Crippen LogP contribution in [0, 0.1) is 6.92 Å². The second-order valence-corrected chi connectivity index (χ2v) is 7.87. The van der Waals surface area contributed by atoms with E-state index in [2.05, 4.69) is 10.3 Å². The molecule has 4 aromatic rings. The third-order valence-corrected chi connectivity index (χ3v) is 5.48. The third-order valence-electron chi connectivity index (χ3n) is 5.48. The number of aryl methyl sites for hydroxylation is 1. The Morgan fingerprint density at radius 2 is 1.85 bits per heavy atom. The number of amides is 1. The molecule has 0 aliphatic rings. The summed E-state index contributed by atoms with van der Waals surface area (Å²) in [4.78, 5) is 16.9. The molecule has 0 saturated heterocycles. The second-order valence-electron chi connectivity index (χ2n) is 7.87. The normalized spacial score (nSPS) is 11.5. The number of anilines is 1. The topological polar surface area (TPSA) is 73.6 Å². The van der Waals surface area contributed by atoms with Crippen LogP contribution in [0.1, 0.15) is 31.9 Å². The highest BCUT2D eigenvalue weighted by molar-refractivity contribution is 6.05. The first-order chi connectivity index (χ1) is 16.5. The summed E-state index contributed by atoms with van der Waals surface area (Å²) in [5.74, 6) is 1.79. The summed E-state index contributed by atoms with van der Waals surface area (Å²) in [5.41, 5.74) is 5.20. The molecule has 0 unspecified atom stereocenters. The van der Waals surface area contributed by atoms with E-state index in [1.807, 2.05) is 76.2 Å². The van der Waals surface area contributed by atoms with Crippen LogP contribution in [-0.2, 0) is 4.79 Å². The van der Waals surface area contributed by atoms with E-state index in [0.29, 0.717) is 24.8 Å². The number of pyridine rings is 1. The fraction of sp³-hybridized carbons (Fsp3) is 0.214. The maximum atomic E-state index is 12.7. The number of nitrogens with one attached hydrogen (secondary N) is 1. The van der Waals surface area contributed by atoms with Crippen molar-refractivity contribution in [3.8, 4) is 22.6 Å². The minimum Gasteiger partial charge on any atom is -0.494 e. The molecule has 2 aromatic heterocycles. The SMILES string of the molecule is CCOc1ccc(-c2coc3cc(OCC)c(/C(C)=C/C(=O)Nc4ncccc4C)cc23)cc1. The van der Waals surface area contributed by atoms with Gasteiger partial charge in [-0.1, -0.05) is 18.2 Å². The molecule has 0 fully saturated rings. The van der Waals surface area contributed by atoms with Crippen molar-refractivity contribution in [2.75, 3.05) is 18.5 Å². The molecule has 0 saturated carbocycles. The standard InChI is InChI=1S/C28H28N2O4/c1-5-32-21-11-9-20(10-12-21)24-17-34-26-16-25(33-6-2)22(15-23(24)26)19(4)14-27(31)30-28-18(3)8-7-13-29-28/h7-17H,5-6H2,1-4H3,(H,29,30,31)/b19-14+. The van der Waals surface area contributed by atoms with Gasteiger partial charge in [-0.3, -0.25) is 4.79 Å². The highest BCUT2D eigenvalue weighted by Crippen LogP contribution is 2.38. The van der Waals surface area contributed by atoms with Crippen molar-refractivity contribution in [3.05, 3.63) is 78.2 Å². The maximum absolute atomic E-state index is 12.7. The number of furan rings is 1. The van der Waals surface area contributed by atoms with Gasteiger partial charge in [0, 0.05) is 34.9 Å². The highest BCUT2D eigenvalue weighted by Gasteiger charge is 2.16. The Bertz CT molecular complexity index is 1340. The molecule has 1 N–H and O–H groups in total. The minimum atomic E-state index is -0.249. The zero-order valence-corrected chi connectivity index (χ0v) is 19.8. The van der Waals surface area contributed by atoms with Crippen LogP contribution in [0.3, 0.4) is 0 Å². The minimum absolute atomic E-state index is 0.249. The van der Waals surface area contributed by atoms with E-state index in [4.69, 9.17) is 13.9 Å². The van der Waals surface area contributed by atoms with Crippen molar-refractivity contribution in [2.45, 2.75) is 27.7 Å². The van der Waals surface area contributed by atoms with E-state index in [9.17, 15) is 4.79 Å². The molecular weight excluding hydrogens is 428 g/mol. The molecule has 2 heterocycles. The summed E-state index contributed by atoms with van der Waals surface area (Å²) in [6.07, 6.45) is 4.96. The number of hydrogen-bond acceptors (Lipinski definition) is 5. The van der Waals surface area contributed by atoms with Crippen LogP contribution in [-0.4, -0.2) is 24.1 Å². The molecule has 0 spiro atoms. The van der Waals surface area contributed by atoms with Gasteiger partial charge < -0.3 is 19.2 Å². The average molecular weight is 457 g/mol. The Morgan fingerprint density at radius 3 is 2.56 bits per heavy atom.